The van der Waals surface area contributed by atoms with Crippen LogP contribution in [0.3, 0.4) is 0 Å². The molecule has 0 spiro atoms. The largest absolute Gasteiger partial charge is 0.480 e. The highest BCUT2D eigenvalue weighted by Crippen LogP contribution is 2.44. The number of anilines is 1. The number of rotatable bonds is 9. The molecule has 2 amide bonds. The molecule has 3 aromatic rings. The number of hydrogen-bond acceptors (Lipinski definition) is 6. The van der Waals surface area contributed by atoms with Crippen molar-refractivity contribution in [1.29, 1.82) is 0 Å². The van der Waals surface area contributed by atoms with E-state index >= 15 is 0 Å². The second kappa shape index (κ2) is 10.0. The van der Waals surface area contributed by atoms with Crippen molar-refractivity contribution in [3.8, 4) is 11.1 Å². The van der Waals surface area contributed by atoms with Gasteiger partial charge in [-0.3, -0.25) is 10.1 Å². The van der Waals surface area contributed by atoms with Crippen LogP contribution < -0.4 is 10.6 Å². The molecule has 0 saturated carbocycles. The van der Waals surface area contributed by atoms with Gasteiger partial charge in [0.15, 0.2) is 0 Å². The lowest BCUT2D eigenvalue weighted by molar-refractivity contribution is -0.142. The number of benzene rings is 2. The van der Waals surface area contributed by atoms with E-state index in [1.807, 2.05) is 36.4 Å². The number of carboxylic acid groups (broad SMARTS) is 1. The van der Waals surface area contributed by atoms with E-state index in [2.05, 4.69) is 22.8 Å². The molecule has 0 saturated heterocycles. The minimum atomic E-state index is -1.10. The van der Waals surface area contributed by atoms with Crippen molar-refractivity contribution in [3.05, 3.63) is 77.7 Å². The van der Waals surface area contributed by atoms with E-state index in [4.69, 9.17) is 19.0 Å². The average Bonchev–Trinajstić information content (AvgIpc) is 3.39. The summed E-state index contributed by atoms with van der Waals surface area (Å²) in [5.74, 6) is -1.85. The summed E-state index contributed by atoms with van der Waals surface area (Å²) in [7, 11) is 0. The van der Waals surface area contributed by atoms with Crippen LogP contribution >= 0.6 is 0 Å². The molecule has 1 aliphatic rings. The highest BCUT2D eigenvalue weighted by molar-refractivity contribution is 6.00. The van der Waals surface area contributed by atoms with E-state index in [0.717, 1.165) is 22.3 Å². The molecule has 3 N–H and O–H groups in total. The summed E-state index contributed by atoms with van der Waals surface area (Å²) in [6.45, 7) is -0.212. The Labute approximate surface area is 189 Å². The second-order valence-electron chi connectivity index (χ2n) is 7.32. The van der Waals surface area contributed by atoms with Crippen LogP contribution in [0.4, 0.5) is 10.5 Å². The lowest BCUT2D eigenvalue weighted by atomic mass is 9.98. The molecule has 2 aromatic carbocycles. The van der Waals surface area contributed by atoms with E-state index in [0.29, 0.717) is 0 Å². The Balaban J connectivity index is 1.33. The standard InChI is InChI=1S/C24H22N2O7/c27-21(28)14-31-12-10-25-23(29)22-20(9-11-32-22)26-24(30)33-13-19-17-7-3-1-5-15(17)16-6-2-4-8-18(16)19/h1-9,11,19H,10,12-14H2,(H,25,29)(H,26,30)(H,27,28). The minimum Gasteiger partial charge on any atom is -0.480 e. The average molecular weight is 450 g/mol. The van der Waals surface area contributed by atoms with Crippen LogP contribution in [0, 0.1) is 0 Å². The Morgan fingerprint density at radius 2 is 1.64 bits per heavy atom. The molecule has 0 bridgehead atoms. The summed E-state index contributed by atoms with van der Waals surface area (Å²) in [4.78, 5) is 35.1. The number of carboxylic acids is 1. The lowest BCUT2D eigenvalue weighted by Crippen LogP contribution is -2.28. The molecule has 33 heavy (non-hydrogen) atoms. The molecule has 0 unspecified atom stereocenters. The molecule has 170 valence electrons. The lowest BCUT2D eigenvalue weighted by Gasteiger charge is -2.14. The molecule has 0 radical (unpaired) electrons. The molecular weight excluding hydrogens is 428 g/mol. The number of furan rings is 1. The van der Waals surface area contributed by atoms with Crippen LogP contribution in [0.15, 0.2) is 65.3 Å². The maximum Gasteiger partial charge on any atom is 0.411 e. The van der Waals surface area contributed by atoms with Crippen molar-refractivity contribution in [2.45, 2.75) is 5.92 Å². The number of amides is 2. The van der Waals surface area contributed by atoms with Crippen molar-refractivity contribution < 1.29 is 33.4 Å². The fourth-order valence-electron chi connectivity index (χ4n) is 3.80. The van der Waals surface area contributed by atoms with Gasteiger partial charge in [-0.15, -0.1) is 0 Å². The Morgan fingerprint density at radius 3 is 2.30 bits per heavy atom. The SMILES string of the molecule is O=C(O)COCCNC(=O)c1occc1NC(=O)OCC1c2ccccc2-c2ccccc21. The Bertz CT molecular complexity index is 1130. The van der Waals surface area contributed by atoms with Gasteiger partial charge in [0.2, 0.25) is 5.76 Å². The fourth-order valence-corrected chi connectivity index (χ4v) is 3.80. The summed E-state index contributed by atoms with van der Waals surface area (Å²) >= 11 is 0. The Kier molecular flexibility index (Phi) is 6.70. The predicted molar refractivity (Wildman–Crippen MR) is 118 cm³/mol. The third kappa shape index (κ3) is 5.04. The van der Waals surface area contributed by atoms with Crippen LogP contribution in [0.25, 0.3) is 11.1 Å². The maximum absolute atomic E-state index is 12.4. The molecule has 0 aliphatic heterocycles. The number of carbonyl (C=O) groups excluding carboxylic acids is 2. The quantitative estimate of drug-likeness (QED) is 0.426. The number of nitrogens with one attached hydrogen (secondary N) is 2. The van der Waals surface area contributed by atoms with Gasteiger partial charge in [-0.2, -0.15) is 0 Å². The highest BCUT2D eigenvalue weighted by atomic mass is 16.5. The van der Waals surface area contributed by atoms with Gasteiger partial charge >= 0.3 is 12.1 Å². The van der Waals surface area contributed by atoms with Crippen LogP contribution in [0.1, 0.15) is 27.6 Å². The van der Waals surface area contributed by atoms with Gasteiger partial charge in [0.25, 0.3) is 5.91 Å². The third-order valence-electron chi connectivity index (χ3n) is 5.21. The molecule has 0 atom stereocenters. The third-order valence-corrected chi connectivity index (χ3v) is 5.21. The number of fused-ring (bicyclic) bond motifs is 3. The van der Waals surface area contributed by atoms with E-state index in [1.165, 1.54) is 12.3 Å². The monoisotopic (exact) mass is 450 g/mol. The zero-order chi connectivity index (χ0) is 23.2. The maximum atomic E-state index is 12.4. The molecular formula is C24H22N2O7. The van der Waals surface area contributed by atoms with Crippen LogP contribution in [0.5, 0.6) is 0 Å². The molecule has 4 rings (SSSR count). The summed E-state index contributed by atoms with van der Waals surface area (Å²) in [6.07, 6.45) is 0.562. The first-order valence-electron chi connectivity index (χ1n) is 10.3. The van der Waals surface area contributed by atoms with Gasteiger partial charge in [-0.1, -0.05) is 48.5 Å². The van der Waals surface area contributed by atoms with Crippen molar-refractivity contribution >= 4 is 23.7 Å². The van der Waals surface area contributed by atoms with E-state index in [1.54, 1.807) is 0 Å². The first-order valence-corrected chi connectivity index (χ1v) is 10.3. The summed E-state index contributed by atoms with van der Waals surface area (Å²) in [5, 5.41) is 13.6. The first kappa shape index (κ1) is 22.1. The van der Waals surface area contributed by atoms with Crippen molar-refractivity contribution in [3.63, 3.8) is 0 Å². The number of hydrogen-bond donors (Lipinski definition) is 3. The highest BCUT2D eigenvalue weighted by Gasteiger charge is 2.29. The number of ether oxygens (including phenoxy) is 2. The smallest absolute Gasteiger partial charge is 0.411 e. The Morgan fingerprint density at radius 1 is 0.970 bits per heavy atom. The molecule has 9 heteroatoms. The van der Waals surface area contributed by atoms with Crippen LogP contribution in [-0.2, 0) is 14.3 Å². The second-order valence-corrected chi connectivity index (χ2v) is 7.32. The van der Waals surface area contributed by atoms with E-state index in [-0.39, 0.29) is 37.1 Å². The van der Waals surface area contributed by atoms with E-state index < -0.39 is 24.6 Å². The number of carbonyl (C=O) groups is 3. The molecule has 0 fully saturated rings. The van der Waals surface area contributed by atoms with Gasteiger partial charge in [0, 0.05) is 18.5 Å². The normalized spacial score (nSPS) is 12.0. The van der Waals surface area contributed by atoms with Gasteiger partial charge in [-0.05, 0) is 22.3 Å². The van der Waals surface area contributed by atoms with Gasteiger partial charge in [0.05, 0.1) is 18.6 Å². The van der Waals surface area contributed by atoms with Crippen LogP contribution in [-0.4, -0.2) is 49.4 Å². The summed E-state index contributed by atoms with van der Waals surface area (Å²) in [6, 6.07) is 17.5. The van der Waals surface area contributed by atoms with Gasteiger partial charge < -0.3 is 24.3 Å². The van der Waals surface area contributed by atoms with Gasteiger partial charge in [-0.25, -0.2) is 9.59 Å². The van der Waals surface area contributed by atoms with Crippen molar-refractivity contribution in [1.82, 2.24) is 5.32 Å². The minimum absolute atomic E-state index is 0.0217. The fraction of sp³-hybridized carbons (Fsp3) is 0.208. The van der Waals surface area contributed by atoms with E-state index in [9.17, 15) is 14.4 Å². The zero-order valence-corrected chi connectivity index (χ0v) is 17.6. The summed E-state index contributed by atoms with van der Waals surface area (Å²) in [5.41, 5.74) is 4.61. The van der Waals surface area contributed by atoms with Gasteiger partial charge in [0.1, 0.15) is 13.2 Å². The first-order chi connectivity index (χ1) is 16.0. The van der Waals surface area contributed by atoms with Crippen LogP contribution in [0.2, 0.25) is 0 Å². The summed E-state index contributed by atoms with van der Waals surface area (Å²) < 4.78 is 15.5. The predicted octanol–water partition coefficient (Wildman–Crippen LogP) is 3.47. The molecule has 9 nitrogen and oxygen atoms in total. The topological polar surface area (TPSA) is 127 Å². The molecule has 1 heterocycles. The van der Waals surface area contributed by atoms with Crippen molar-refractivity contribution in [2.75, 3.05) is 31.7 Å². The van der Waals surface area contributed by atoms with Crippen molar-refractivity contribution in [2.24, 2.45) is 0 Å². The molecule has 1 aliphatic carbocycles. The zero-order valence-electron chi connectivity index (χ0n) is 17.6. The molecule has 1 aromatic heterocycles. The number of aliphatic carboxylic acids is 1. The Hall–Kier alpha value is -4.11.